The Hall–Kier alpha value is -2.87. The van der Waals surface area contributed by atoms with Crippen LogP contribution in [0.3, 0.4) is 0 Å². The second-order valence-corrected chi connectivity index (χ2v) is 10.3. The number of amides is 1. The van der Waals surface area contributed by atoms with Crippen LogP contribution in [0.25, 0.3) is 0 Å². The Bertz CT molecular complexity index is 1090. The van der Waals surface area contributed by atoms with E-state index in [9.17, 15) is 13.2 Å². The highest BCUT2D eigenvalue weighted by molar-refractivity contribution is 7.92. The lowest BCUT2D eigenvalue weighted by Gasteiger charge is -2.26. The van der Waals surface area contributed by atoms with Gasteiger partial charge in [-0.3, -0.25) is 9.10 Å². The quantitative estimate of drug-likeness (QED) is 0.592. The van der Waals surface area contributed by atoms with Crippen LogP contribution >= 0.6 is 0 Å². The number of aryl methyl sites for hydroxylation is 2. The number of ether oxygens (including phenoxy) is 1. The van der Waals surface area contributed by atoms with Gasteiger partial charge in [-0.25, -0.2) is 13.8 Å². The molecule has 0 aromatic heterocycles. The molecule has 1 N–H and O–H groups in total. The number of hydrogen-bond acceptors (Lipinski definition) is 5. The molecule has 0 aliphatic heterocycles. The van der Waals surface area contributed by atoms with Crippen LogP contribution < -0.4 is 14.5 Å². The van der Waals surface area contributed by atoms with Gasteiger partial charge in [-0.2, -0.15) is 5.10 Å². The highest BCUT2D eigenvalue weighted by Gasteiger charge is 2.29. The van der Waals surface area contributed by atoms with Crippen molar-refractivity contribution >= 4 is 27.3 Å². The molecule has 0 atom stereocenters. The zero-order chi connectivity index (χ0) is 23.8. The van der Waals surface area contributed by atoms with Crippen molar-refractivity contribution in [2.75, 3.05) is 18.0 Å². The molecule has 1 fully saturated rings. The van der Waals surface area contributed by atoms with Gasteiger partial charge < -0.3 is 4.74 Å². The van der Waals surface area contributed by atoms with Crippen molar-refractivity contribution in [3.8, 4) is 5.75 Å². The van der Waals surface area contributed by atoms with E-state index >= 15 is 0 Å². The number of nitrogens with zero attached hydrogens (tertiary/aromatic N) is 2. The molecule has 2 aromatic rings. The number of methoxy groups -OCH3 is 1. The Morgan fingerprint density at radius 1 is 0.970 bits per heavy atom. The zero-order valence-electron chi connectivity index (χ0n) is 19.6. The molecular weight excluding hydrogens is 438 g/mol. The number of rotatable bonds is 7. The lowest BCUT2D eigenvalue weighted by Crippen LogP contribution is -2.40. The molecule has 0 unspecified atom stereocenters. The highest BCUT2D eigenvalue weighted by atomic mass is 32.2. The summed E-state index contributed by atoms with van der Waals surface area (Å²) in [5.74, 6) is -0.126. The fourth-order valence-electron chi connectivity index (χ4n) is 3.86. The predicted octanol–water partition coefficient (Wildman–Crippen LogP) is 4.72. The monoisotopic (exact) mass is 471 g/mol. The molecule has 8 heteroatoms. The van der Waals surface area contributed by atoms with Gasteiger partial charge in [0.1, 0.15) is 12.3 Å². The van der Waals surface area contributed by atoms with E-state index in [-0.39, 0.29) is 4.90 Å². The van der Waals surface area contributed by atoms with E-state index < -0.39 is 22.5 Å². The first-order chi connectivity index (χ1) is 15.8. The van der Waals surface area contributed by atoms with Crippen LogP contribution in [-0.4, -0.2) is 33.7 Å². The summed E-state index contributed by atoms with van der Waals surface area (Å²) in [6.45, 7) is 3.34. The maximum absolute atomic E-state index is 13.6. The molecule has 0 heterocycles. The van der Waals surface area contributed by atoms with E-state index in [2.05, 4.69) is 10.5 Å². The van der Waals surface area contributed by atoms with Gasteiger partial charge in [0.05, 0.1) is 17.7 Å². The average Bonchev–Trinajstić information content (AvgIpc) is 2.77. The number of hydrazone groups is 1. The van der Waals surface area contributed by atoms with Gasteiger partial charge in [0.2, 0.25) is 0 Å². The number of anilines is 1. The Balaban J connectivity index is 1.91. The topological polar surface area (TPSA) is 88.1 Å². The minimum atomic E-state index is -4.03. The molecule has 1 aliphatic carbocycles. The van der Waals surface area contributed by atoms with Gasteiger partial charge in [0.15, 0.2) is 0 Å². The molecule has 3 rings (SSSR count). The van der Waals surface area contributed by atoms with Gasteiger partial charge in [-0.05, 0) is 69.4 Å². The lowest BCUT2D eigenvalue weighted by molar-refractivity contribution is -0.119. The number of sulfonamides is 1. The smallest absolute Gasteiger partial charge is 0.264 e. The van der Waals surface area contributed by atoms with Crippen molar-refractivity contribution in [2.45, 2.75) is 63.7 Å². The first-order valence-corrected chi connectivity index (χ1v) is 12.8. The summed E-state index contributed by atoms with van der Waals surface area (Å²) in [5.41, 5.74) is 5.66. The molecule has 0 spiro atoms. The molecule has 33 heavy (non-hydrogen) atoms. The third-order valence-corrected chi connectivity index (χ3v) is 7.54. The summed E-state index contributed by atoms with van der Waals surface area (Å²) in [6.07, 6.45) is 7.41. The number of benzene rings is 2. The standard InChI is InChI=1S/C25H33N3O4S/c1-19-11-14-22(15-12-19)33(30,31)28(23-17-20(2)13-16-24(23)32-3)18-25(29)27-26-21-9-7-5-4-6-8-10-21/h11-17H,4-10,18H2,1-3H3,(H,27,29). The molecule has 1 amide bonds. The van der Waals surface area contributed by atoms with Crippen LogP contribution in [-0.2, 0) is 14.8 Å². The van der Waals surface area contributed by atoms with Crippen LogP contribution in [0.2, 0.25) is 0 Å². The normalized spacial score (nSPS) is 14.7. The highest BCUT2D eigenvalue weighted by Crippen LogP contribution is 2.33. The van der Waals surface area contributed by atoms with Gasteiger partial charge in [-0.1, -0.05) is 43.0 Å². The first kappa shape index (κ1) is 24.8. The summed E-state index contributed by atoms with van der Waals surface area (Å²) < 4.78 is 33.7. The number of carbonyl (C=O) groups excluding carboxylic acids is 1. The van der Waals surface area contributed by atoms with Crippen LogP contribution in [0.15, 0.2) is 52.5 Å². The Kier molecular flexibility index (Phi) is 8.49. The van der Waals surface area contributed by atoms with Gasteiger partial charge in [0, 0.05) is 5.71 Å². The van der Waals surface area contributed by atoms with Gasteiger partial charge >= 0.3 is 0 Å². The molecule has 1 aliphatic rings. The van der Waals surface area contributed by atoms with Crippen molar-refractivity contribution in [2.24, 2.45) is 5.10 Å². The van der Waals surface area contributed by atoms with Crippen molar-refractivity contribution in [3.63, 3.8) is 0 Å². The van der Waals surface area contributed by atoms with Crippen molar-refractivity contribution in [1.29, 1.82) is 0 Å². The van der Waals surface area contributed by atoms with Gasteiger partial charge in [-0.15, -0.1) is 0 Å². The van der Waals surface area contributed by atoms with Crippen LogP contribution in [0.5, 0.6) is 5.75 Å². The SMILES string of the molecule is COc1ccc(C)cc1N(CC(=O)NN=C1CCCCCCC1)S(=O)(=O)c1ccc(C)cc1. The predicted molar refractivity (Wildman–Crippen MR) is 131 cm³/mol. The average molecular weight is 472 g/mol. The number of hydrogen-bond donors (Lipinski definition) is 1. The van der Waals surface area contributed by atoms with Crippen LogP contribution in [0.4, 0.5) is 5.69 Å². The molecule has 0 radical (unpaired) electrons. The Morgan fingerprint density at radius 3 is 2.21 bits per heavy atom. The second-order valence-electron chi connectivity index (χ2n) is 8.48. The summed E-state index contributed by atoms with van der Waals surface area (Å²) in [4.78, 5) is 13.0. The van der Waals surface area contributed by atoms with Crippen molar-refractivity contribution in [1.82, 2.24) is 5.43 Å². The summed E-state index contributed by atoms with van der Waals surface area (Å²) >= 11 is 0. The molecule has 7 nitrogen and oxygen atoms in total. The molecular formula is C25H33N3O4S. The minimum Gasteiger partial charge on any atom is -0.495 e. The molecule has 2 aromatic carbocycles. The maximum Gasteiger partial charge on any atom is 0.264 e. The van der Waals surface area contributed by atoms with E-state index in [1.807, 2.05) is 19.9 Å². The number of carbonyl (C=O) groups is 1. The van der Waals surface area contributed by atoms with Crippen molar-refractivity contribution in [3.05, 3.63) is 53.6 Å². The largest absolute Gasteiger partial charge is 0.495 e. The van der Waals surface area contributed by atoms with Gasteiger partial charge in [0.25, 0.3) is 15.9 Å². The zero-order valence-corrected chi connectivity index (χ0v) is 20.5. The third kappa shape index (κ3) is 6.57. The summed E-state index contributed by atoms with van der Waals surface area (Å²) in [6, 6.07) is 11.8. The third-order valence-electron chi connectivity index (χ3n) is 5.77. The van der Waals surface area contributed by atoms with E-state index in [1.54, 1.807) is 36.4 Å². The summed E-state index contributed by atoms with van der Waals surface area (Å²) in [5, 5.41) is 4.32. The minimum absolute atomic E-state index is 0.107. The first-order valence-electron chi connectivity index (χ1n) is 11.4. The van der Waals surface area contributed by atoms with Crippen molar-refractivity contribution < 1.29 is 17.9 Å². The van der Waals surface area contributed by atoms with E-state index in [0.717, 1.165) is 46.8 Å². The van der Waals surface area contributed by atoms with Crippen LogP contribution in [0, 0.1) is 13.8 Å². The maximum atomic E-state index is 13.6. The number of nitrogens with one attached hydrogen (secondary N) is 1. The molecule has 1 saturated carbocycles. The Labute approximate surface area is 196 Å². The fraction of sp³-hybridized carbons (Fsp3) is 0.440. The molecule has 178 valence electrons. The van der Waals surface area contributed by atoms with E-state index in [4.69, 9.17) is 4.74 Å². The molecule has 0 bridgehead atoms. The van der Waals surface area contributed by atoms with Crippen LogP contribution in [0.1, 0.15) is 56.1 Å². The Morgan fingerprint density at radius 2 is 1.58 bits per heavy atom. The summed E-state index contributed by atoms with van der Waals surface area (Å²) in [7, 11) is -2.55. The second kappa shape index (κ2) is 11.3. The van der Waals surface area contributed by atoms with E-state index in [0.29, 0.717) is 11.4 Å². The van der Waals surface area contributed by atoms with E-state index in [1.165, 1.54) is 26.4 Å². The fourth-order valence-corrected chi connectivity index (χ4v) is 5.29. The lowest BCUT2D eigenvalue weighted by atomic mass is 9.99. The molecule has 0 saturated heterocycles.